The van der Waals surface area contributed by atoms with Gasteiger partial charge in [0.1, 0.15) is 5.75 Å². The minimum atomic E-state index is 0.207. The molecule has 1 aliphatic heterocycles. The van der Waals surface area contributed by atoms with Crippen molar-refractivity contribution in [3.8, 4) is 5.75 Å². The number of methoxy groups -OCH3 is 1. The van der Waals surface area contributed by atoms with Crippen molar-refractivity contribution in [3.63, 3.8) is 0 Å². The van der Waals surface area contributed by atoms with Crippen molar-refractivity contribution in [3.05, 3.63) is 59.7 Å². The van der Waals surface area contributed by atoms with E-state index >= 15 is 0 Å². The second-order valence-electron chi connectivity index (χ2n) is 7.22. The maximum absolute atomic E-state index is 12.6. The quantitative estimate of drug-likeness (QED) is 0.787. The molecule has 5 heteroatoms. The number of carbonyl (C=O) groups is 1. The Labute approximate surface area is 162 Å². The molecule has 27 heavy (non-hydrogen) atoms. The number of rotatable bonds is 6. The van der Waals surface area contributed by atoms with Gasteiger partial charge in [-0.05, 0) is 43.8 Å². The highest BCUT2D eigenvalue weighted by atomic mass is 16.5. The fourth-order valence-corrected chi connectivity index (χ4v) is 3.40. The Morgan fingerprint density at radius 2 is 1.63 bits per heavy atom. The zero-order valence-electron chi connectivity index (χ0n) is 16.5. The zero-order valence-corrected chi connectivity index (χ0v) is 16.5. The number of benzene rings is 2. The number of amides is 1. The van der Waals surface area contributed by atoms with Gasteiger partial charge in [0.25, 0.3) is 0 Å². The lowest BCUT2D eigenvalue weighted by atomic mass is 10.1. The van der Waals surface area contributed by atoms with Gasteiger partial charge in [-0.2, -0.15) is 0 Å². The van der Waals surface area contributed by atoms with Crippen LogP contribution in [0.2, 0.25) is 0 Å². The Morgan fingerprint density at radius 3 is 2.22 bits per heavy atom. The predicted octanol–water partition coefficient (Wildman–Crippen LogP) is 2.78. The van der Waals surface area contributed by atoms with Crippen molar-refractivity contribution in [2.75, 3.05) is 51.8 Å². The number of anilines is 1. The average Bonchev–Trinajstić information content (AvgIpc) is 2.70. The molecule has 2 aromatic rings. The van der Waals surface area contributed by atoms with E-state index < -0.39 is 0 Å². The highest BCUT2D eigenvalue weighted by Crippen LogP contribution is 2.20. The Kier molecular flexibility index (Phi) is 6.35. The average molecular weight is 367 g/mol. The Balaban J connectivity index is 1.46. The van der Waals surface area contributed by atoms with Crippen LogP contribution in [-0.4, -0.2) is 62.6 Å². The molecule has 0 aliphatic carbocycles. The molecule has 5 nitrogen and oxygen atoms in total. The molecular weight excluding hydrogens is 338 g/mol. The van der Waals surface area contributed by atoms with E-state index in [0.717, 1.165) is 38.5 Å². The van der Waals surface area contributed by atoms with Crippen molar-refractivity contribution in [1.82, 2.24) is 9.80 Å². The standard InChI is InChI=1S/C22H29N3O2/c1-18-4-6-19(7-5-18)16-23(2)17-22(26)25-14-12-24(13-15-25)20-8-10-21(27-3)11-9-20/h4-11H,12-17H2,1-3H3. The summed E-state index contributed by atoms with van der Waals surface area (Å²) >= 11 is 0. The predicted molar refractivity (Wildman–Crippen MR) is 109 cm³/mol. The molecule has 2 aromatic carbocycles. The van der Waals surface area contributed by atoms with Crippen LogP contribution in [0.15, 0.2) is 48.5 Å². The molecule has 1 fully saturated rings. The molecule has 3 rings (SSSR count). The molecule has 1 saturated heterocycles. The Bertz CT molecular complexity index is 735. The van der Waals surface area contributed by atoms with Gasteiger partial charge in [-0.3, -0.25) is 9.69 Å². The van der Waals surface area contributed by atoms with Crippen LogP contribution in [-0.2, 0) is 11.3 Å². The smallest absolute Gasteiger partial charge is 0.236 e. The molecule has 1 heterocycles. The summed E-state index contributed by atoms with van der Waals surface area (Å²) < 4.78 is 5.21. The summed E-state index contributed by atoms with van der Waals surface area (Å²) in [6.07, 6.45) is 0. The molecule has 0 bridgehead atoms. The molecular formula is C22H29N3O2. The maximum atomic E-state index is 12.6. The molecule has 0 spiro atoms. The maximum Gasteiger partial charge on any atom is 0.236 e. The van der Waals surface area contributed by atoms with Crippen molar-refractivity contribution in [1.29, 1.82) is 0 Å². The van der Waals surface area contributed by atoms with E-state index in [-0.39, 0.29) is 5.91 Å². The summed E-state index contributed by atoms with van der Waals surface area (Å²) in [6, 6.07) is 16.6. The SMILES string of the molecule is COc1ccc(N2CCN(C(=O)CN(C)Cc3ccc(C)cc3)CC2)cc1. The van der Waals surface area contributed by atoms with Crippen molar-refractivity contribution < 1.29 is 9.53 Å². The Hall–Kier alpha value is -2.53. The number of piperazine rings is 1. The van der Waals surface area contributed by atoms with Gasteiger partial charge in [-0.1, -0.05) is 29.8 Å². The summed E-state index contributed by atoms with van der Waals surface area (Å²) in [5.74, 6) is 1.07. The largest absolute Gasteiger partial charge is 0.497 e. The molecule has 1 amide bonds. The van der Waals surface area contributed by atoms with Gasteiger partial charge in [0, 0.05) is 38.4 Å². The van der Waals surface area contributed by atoms with E-state index in [4.69, 9.17) is 4.74 Å². The van der Waals surface area contributed by atoms with Crippen LogP contribution in [0, 0.1) is 6.92 Å². The first-order valence-corrected chi connectivity index (χ1v) is 9.46. The normalized spacial score (nSPS) is 14.5. The first kappa shape index (κ1) is 19.2. The van der Waals surface area contributed by atoms with E-state index in [1.807, 2.05) is 24.1 Å². The van der Waals surface area contributed by atoms with Gasteiger partial charge in [0.05, 0.1) is 13.7 Å². The topological polar surface area (TPSA) is 36.0 Å². The molecule has 1 aliphatic rings. The molecule has 0 saturated carbocycles. The molecule has 0 atom stereocenters. The fraction of sp³-hybridized carbons (Fsp3) is 0.409. The van der Waals surface area contributed by atoms with Crippen LogP contribution < -0.4 is 9.64 Å². The summed E-state index contributed by atoms with van der Waals surface area (Å²) in [5.41, 5.74) is 3.67. The number of hydrogen-bond acceptors (Lipinski definition) is 4. The zero-order chi connectivity index (χ0) is 19.2. The highest BCUT2D eigenvalue weighted by molar-refractivity contribution is 5.78. The third kappa shape index (κ3) is 5.23. The number of carbonyl (C=O) groups excluding carboxylic acids is 1. The molecule has 0 aromatic heterocycles. The summed E-state index contributed by atoms with van der Waals surface area (Å²) in [5, 5.41) is 0. The lowest BCUT2D eigenvalue weighted by Crippen LogP contribution is -2.51. The first-order chi connectivity index (χ1) is 13.0. The van der Waals surface area contributed by atoms with E-state index in [0.29, 0.717) is 6.54 Å². The molecule has 0 radical (unpaired) electrons. The molecule has 144 valence electrons. The van der Waals surface area contributed by atoms with Gasteiger partial charge < -0.3 is 14.5 Å². The van der Waals surface area contributed by atoms with Crippen LogP contribution >= 0.6 is 0 Å². The van der Waals surface area contributed by atoms with Gasteiger partial charge in [-0.15, -0.1) is 0 Å². The lowest BCUT2D eigenvalue weighted by Gasteiger charge is -2.36. The summed E-state index contributed by atoms with van der Waals surface area (Å²) in [7, 11) is 3.68. The third-order valence-corrected chi connectivity index (χ3v) is 5.05. The van der Waals surface area contributed by atoms with Gasteiger partial charge in [0.2, 0.25) is 5.91 Å². The second-order valence-corrected chi connectivity index (χ2v) is 7.22. The number of ether oxygens (including phenoxy) is 1. The van der Waals surface area contributed by atoms with Gasteiger partial charge >= 0.3 is 0 Å². The van der Waals surface area contributed by atoms with Crippen LogP contribution in [0.5, 0.6) is 5.75 Å². The van der Waals surface area contributed by atoms with E-state index in [9.17, 15) is 4.79 Å². The molecule has 0 N–H and O–H groups in total. The van der Waals surface area contributed by atoms with Crippen LogP contribution in [0.4, 0.5) is 5.69 Å². The summed E-state index contributed by atoms with van der Waals surface area (Å²) in [4.78, 5) is 19.0. The van der Waals surface area contributed by atoms with E-state index in [1.54, 1.807) is 7.11 Å². The number of aryl methyl sites for hydroxylation is 1. The third-order valence-electron chi connectivity index (χ3n) is 5.05. The lowest BCUT2D eigenvalue weighted by molar-refractivity contribution is -0.132. The van der Waals surface area contributed by atoms with Crippen molar-refractivity contribution >= 4 is 11.6 Å². The van der Waals surface area contributed by atoms with E-state index in [1.165, 1.54) is 16.8 Å². The minimum absolute atomic E-state index is 0.207. The first-order valence-electron chi connectivity index (χ1n) is 9.46. The summed E-state index contributed by atoms with van der Waals surface area (Å²) in [6.45, 7) is 6.59. The van der Waals surface area contributed by atoms with Crippen LogP contribution in [0.25, 0.3) is 0 Å². The van der Waals surface area contributed by atoms with Crippen molar-refractivity contribution in [2.24, 2.45) is 0 Å². The van der Waals surface area contributed by atoms with Crippen molar-refractivity contribution in [2.45, 2.75) is 13.5 Å². The number of nitrogens with zero attached hydrogens (tertiary/aromatic N) is 3. The highest BCUT2D eigenvalue weighted by Gasteiger charge is 2.22. The van der Waals surface area contributed by atoms with Gasteiger partial charge in [-0.25, -0.2) is 0 Å². The fourth-order valence-electron chi connectivity index (χ4n) is 3.40. The van der Waals surface area contributed by atoms with Crippen LogP contribution in [0.3, 0.4) is 0 Å². The number of hydrogen-bond donors (Lipinski definition) is 0. The Morgan fingerprint density at radius 1 is 1.00 bits per heavy atom. The second kappa shape index (κ2) is 8.91. The van der Waals surface area contributed by atoms with E-state index in [2.05, 4.69) is 53.1 Å². The minimum Gasteiger partial charge on any atom is -0.497 e. The number of likely N-dealkylation sites (N-methyl/N-ethyl adjacent to an activating group) is 1. The van der Waals surface area contributed by atoms with Gasteiger partial charge in [0.15, 0.2) is 0 Å². The monoisotopic (exact) mass is 367 g/mol. The molecule has 0 unspecified atom stereocenters. The van der Waals surface area contributed by atoms with Crippen LogP contribution in [0.1, 0.15) is 11.1 Å².